The van der Waals surface area contributed by atoms with E-state index in [2.05, 4.69) is 27.0 Å². The molecule has 5 unspecified atom stereocenters. The van der Waals surface area contributed by atoms with Crippen LogP contribution in [0.5, 0.6) is 0 Å². The highest BCUT2D eigenvalue weighted by molar-refractivity contribution is 5.79. The van der Waals surface area contributed by atoms with Crippen molar-refractivity contribution in [2.75, 3.05) is 6.54 Å². The second-order valence-corrected chi connectivity index (χ2v) is 17.6. The van der Waals surface area contributed by atoms with Crippen LogP contribution in [0.3, 0.4) is 0 Å². The third-order valence-corrected chi connectivity index (χ3v) is 14.2. The number of hydrogen-bond donors (Lipinski definition) is 2. The minimum atomic E-state index is -0.765. The number of rotatable bonds is 3. The van der Waals surface area contributed by atoms with Crippen molar-refractivity contribution < 1.29 is 47.8 Å². The van der Waals surface area contributed by atoms with E-state index < -0.39 is 11.9 Å². The number of carbonyl (C=O) groups excluding carboxylic acids is 1. The quantitative estimate of drug-likeness (QED) is 0.410. The fraction of sp³-hybridized carbons (Fsp3) is 0.875. The molecule has 0 aromatic heterocycles. The molecule has 10 heterocycles. The first-order valence-corrected chi connectivity index (χ1v) is 20.1. The van der Waals surface area contributed by atoms with Crippen molar-refractivity contribution in [1.29, 1.82) is 0 Å². The fourth-order valence-electron chi connectivity index (χ4n) is 11.3. The van der Waals surface area contributed by atoms with Gasteiger partial charge in [-0.1, -0.05) is 27.0 Å². The van der Waals surface area contributed by atoms with Crippen LogP contribution in [0, 0.1) is 17.8 Å². The Morgan fingerprint density at radius 1 is 0.765 bits per heavy atom. The van der Waals surface area contributed by atoms with Crippen LogP contribution in [-0.4, -0.2) is 115 Å². The van der Waals surface area contributed by atoms with E-state index in [1.165, 1.54) is 0 Å². The second kappa shape index (κ2) is 13.8. The average molecular weight is 714 g/mol. The third-order valence-electron chi connectivity index (χ3n) is 14.2. The van der Waals surface area contributed by atoms with Gasteiger partial charge in [0.1, 0.15) is 36.3 Å². The van der Waals surface area contributed by atoms with Crippen LogP contribution in [0.25, 0.3) is 0 Å². The van der Waals surface area contributed by atoms with E-state index in [0.717, 1.165) is 56.1 Å². The van der Waals surface area contributed by atoms with Crippen molar-refractivity contribution in [2.24, 2.45) is 23.5 Å². The zero-order chi connectivity index (χ0) is 35.2. The topological polar surface area (TPSA) is 137 Å². The highest BCUT2D eigenvalue weighted by Crippen LogP contribution is 2.54. The highest BCUT2D eigenvalue weighted by atomic mass is 16.8. The van der Waals surface area contributed by atoms with Gasteiger partial charge in [0.05, 0.1) is 61.0 Å². The van der Waals surface area contributed by atoms with Gasteiger partial charge in [0.2, 0.25) is 0 Å². The van der Waals surface area contributed by atoms with Gasteiger partial charge in [-0.05, 0) is 73.8 Å². The first kappa shape index (κ1) is 35.5. The van der Waals surface area contributed by atoms with Gasteiger partial charge in [-0.3, -0.25) is 4.79 Å². The van der Waals surface area contributed by atoms with Gasteiger partial charge in [-0.2, -0.15) is 0 Å². The monoisotopic (exact) mass is 713 g/mol. The molecule has 3 N–H and O–H groups in total. The lowest BCUT2D eigenvalue weighted by molar-refractivity contribution is -0.292. The van der Waals surface area contributed by atoms with E-state index >= 15 is 0 Å². The summed E-state index contributed by atoms with van der Waals surface area (Å²) in [6.07, 6.45) is 6.43. The van der Waals surface area contributed by atoms with Gasteiger partial charge in [0, 0.05) is 45.1 Å². The molecule has 12 bridgehead atoms. The number of hydrogen-bond acceptors (Lipinski definition) is 11. The molecule has 0 saturated carbocycles. The zero-order valence-corrected chi connectivity index (χ0v) is 30.4. The van der Waals surface area contributed by atoms with Crippen LogP contribution in [0.2, 0.25) is 0 Å². The largest absolute Gasteiger partial charge is 0.392 e. The summed E-state index contributed by atoms with van der Waals surface area (Å²) in [5, 5.41) is 10.5. The average Bonchev–Trinajstić information content (AvgIpc) is 3.77. The molecule has 1 spiro atoms. The van der Waals surface area contributed by atoms with Crippen molar-refractivity contribution in [3.05, 3.63) is 24.3 Å². The first-order chi connectivity index (χ1) is 24.6. The molecule has 0 amide bonds. The van der Waals surface area contributed by atoms with Gasteiger partial charge in [0.15, 0.2) is 5.79 Å². The Hall–Kier alpha value is -1.25. The van der Waals surface area contributed by atoms with E-state index in [-0.39, 0.29) is 110 Å². The second-order valence-electron chi connectivity index (χ2n) is 17.6. The maximum absolute atomic E-state index is 14.0. The molecule has 0 radical (unpaired) electrons. The number of aliphatic hydroxyl groups excluding tert-OH is 1. The predicted molar refractivity (Wildman–Crippen MR) is 185 cm³/mol. The number of carbonyl (C=O) groups is 1. The first-order valence-electron chi connectivity index (χ1n) is 20.1. The van der Waals surface area contributed by atoms with Gasteiger partial charge in [-0.25, -0.2) is 0 Å². The number of fused-ring (bicyclic) bond motifs is 6. The normalized spacial score (nSPS) is 53.2. The molecule has 10 fully saturated rings. The molecular formula is C40H59NO10. The zero-order valence-electron chi connectivity index (χ0n) is 30.4. The molecule has 0 aromatic carbocycles. The number of ether oxygens (including phenoxy) is 8. The Balaban J connectivity index is 0.986. The van der Waals surface area contributed by atoms with Crippen LogP contribution >= 0.6 is 0 Å². The molecule has 10 aliphatic heterocycles. The number of nitrogens with two attached hydrogens (primary N) is 1. The Bertz CT molecular complexity index is 1360. The van der Waals surface area contributed by atoms with Gasteiger partial charge in [0.25, 0.3) is 0 Å². The van der Waals surface area contributed by atoms with E-state index in [1.54, 1.807) is 0 Å². The van der Waals surface area contributed by atoms with Gasteiger partial charge < -0.3 is 48.7 Å². The molecule has 0 aromatic rings. The van der Waals surface area contributed by atoms with Crippen molar-refractivity contribution in [1.82, 2.24) is 0 Å². The lowest BCUT2D eigenvalue weighted by Crippen LogP contribution is -2.61. The molecule has 10 aliphatic rings. The molecule has 19 atom stereocenters. The van der Waals surface area contributed by atoms with Crippen LogP contribution in [0.1, 0.15) is 97.3 Å². The van der Waals surface area contributed by atoms with E-state index in [1.807, 2.05) is 0 Å². The SMILES string of the molecule is C=C1C[C@@H]2CC[C@@]34C[C@H]5O[C@H]6C(O3)[C@H]3OC(CC[C@@H]3O[C@H]6C5O4)CC(=O)C[C@@H]3[C@@H](C)[C@@H](C[C@H](O)CN)O[C@H]3CC3O[C@@H](CCC1O2)C[C@@H](C)C3=C. The maximum atomic E-state index is 14.0. The van der Waals surface area contributed by atoms with Crippen LogP contribution in [-0.2, 0) is 42.7 Å². The maximum Gasteiger partial charge on any atom is 0.172 e. The minimum Gasteiger partial charge on any atom is -0.392 e. The van der Waals surface area contributed by atoms with Crippen molar-refractivity contribution in [2.45, 2.75) is 195 Å². The molecule has 11 heteroatoms. The molecule has 0 aliphatic carbocycles. The molecule has 10 rings (SSSR count). The van der Waals surface area contributed by atoms with Gasteiger partial charge in [-0.15, -0.1) is 0 Å². The summed E-state index contributed by atoms with van der Waals surface area (Å²) in [4.78, 5) is 14.0. The summed E-state index contributed by atoms with van der Waals surface area (Å²) in [6, 6.07) is 0. The number of aliphatic hydroxyl groups is 1. The van der Waals surface area contributed by atoms with E-state index in [0.29, 0.717) is 44.4 Å². The summed E-state index contributed by atoms with van der Waals surface area (Å²) in [5.74, 6) is -0.222. The predicted octanol–water partition coefficient (Wildman–Crippen LogP) is 4.06. The summed E-state index contributed by atoms with van der Waals surface area (Å²) in [6.45, 7) is 13.5. The fourth-order valence-corrected chi connectivity index (χ4v) is 11.3. The highest BCUT2D eigenvalue weighted by Gasteiger charge is 2.68. The Morgan fingerprint density at radius 2 is 1.51 bits per heavy atom. The smallest absolute Gasteiger partial charge is 0.172 e. The molecule has 51 heavy (non-hydrogen) atoms. The number of Topliss-reactive ketones (excluding diaryl/α,β-unsaturated/α-hetero) is 1. The standard InChI is InChI=1S/C40H59NO10/c1-19-11-25-5-7-29-20(2)12-27(44-29)9-10-40-17-34-36(50-40)37-38(49-34)39(51-40)35-30(48-37)8-6-26(46-35)13-23(42)14-28-22(4)31(15-24(43)18-41)47-33(28)16-32(45-25)21(19)3/h19,22,24-39,43H,2-3,5-18,41H2,1,4H3/t19-,22-,24+,25+,26?,27+,28-,29?,30+,31-,32?,33+,34-,35+,36?,37+,38-,39?,40+/m1/s1. The van der Waals surface area contributed by atoms with Gasteiger partial charge >= 0.3 is 0 Å². The Morgan fingerprint density at radius 3 is 2.35 bits per heavy atom. The van der Waals surface area contributed by atoms with Crippen LogP contribution in [0.15, 0.2) is 24.3 Å². The minimum absolute atomic E-state index is 0.00127. The van der Waals surface area contributed by atoms with Crippen molar-refractivity contribution >= 4 is 5.78 Å². The van der Waals surface area contributed by atoms with E-state index in [9.17, 15) is 9.90 Å². The lowest BCUT2D eigenvalue weighted by Gasteiger charge is -2.47. The molecule has 11 nitrogen and oxygen atoms in total. The molecule has 284 valence electrons. The Kier molecular flexibility index (Phi) is 9.59. The summed E-state index contributed by atoms with van der Waals surface area (Å²) in [5.41, 5.74) is 8.06. The third kappa shape index (κ3) is 6.53. The van der Waals surface area contributed by atoms with E-state index in [4.69, 9.17) is 43.6 Å². The molecule has 10 saturated heterocycles. The Labute approximate surface area is 302 Å². The van der Waals surface area contributed by atoms with Crippen LogP contribution in [0.4, 0.5) is 0 Å². The van der Waals surface area contributed by atoms with Crippen LogP contribution < -0.4 is 5.73 Å². The lowest BCUT2D eigenvalue weighted by atomic mass is 9.78. The molecular weight excluding hydrogens is 654 g/mol. The summed E-state index contributed by atoms with van der Waals surface area (Å²) < 4.78 is 54.0. The van der Waals surface area contributed by atoms with Crippen molar-refractivity contribution in [3.63, 3.8) is 0 Å². The number of ketones is 1. The summed E-state index contributed by atoms with van der Waals surface area (Å²) >= 11 is 0. The summed E-state index contributed by atoms with van der Waals surface area (Å²) in [7, 11) is 0. The van der Waals surface area contributed by atoms with Crippen molar-refractivity contribution in [3.8, 4) is 0 Å².